The quantitative estimate of drug-likeness (QED) is 0.403. The molecule has 1 aromatic rings. The molecule has 0 saturated carbocycles. The molecule has 0 amide bonds. The summed E-state index contributed by atoms with van der Waals surface area (Å²) >= 11 is 0. The third kappa shape index (κ3) is 9.96. The van der Waals surface area contributed by atoms with Crippen LogP contribution in [0.3, 0.4) is 0 Å². The lowest BCUT2D eigenvalue weighted by Gasteiger charge is -2.19. The first kappa shape index (κ1) is 21.0. The highest BCUT2D eigenvalue weighted by molar-refractivity contribution is 5.18. The van der Waals surface area contributed by atoms with Crippen molar-refractivity contribution in [3.8, 4) is 0 Å². The molecule has 1 unspecified atom stereocenters. The molecule has 0 heterocycles. The lowest BCUT2D eigenvalue weighted by atomic mass is 10.0. The van der Waals surface area contributed by atoms with Gasteiger partial charge in [-0.25, -0.2) is 8.78 Å². The average molecular weight is 344 g/mol. The highest BCUT2D eigenvalue weighted by Gasteiger charge is 2.13. The number of halogens is 2. The van der Waals surface area contributed by atoms with Crippen LogP contribution >= 0.6 is 0 Å². The van der Waals surface area contributed by atoms with E-state index in [1.54, 1.807) is 0 Å². The Kier molecular flexibility index (Phi) is 10.8. The molecule has 0 spiro atoms. The predicted octanol–water partition coefficient (Wildman–Crippen LogP) is 4.69. The Morgan fingerprint density at radius 1 is 0.875 bits per heavy atom. The molecule has 1 aromatic carbocycles. The fourth-order valence-corrected chi connectivity index (χ4v) is 2.86. The minimum absolute atomic E-state index is 0.327. The van der Waals surface area contributed by atoms with Crippen LogP contribution in [-0.2, 0) is 11.2 Å². The van der Waals surface area contributed by atoms with Crippen LogP contribution in [0.4, 0.5) is 8.78 Å². The topological polar surface area (TPSA) is 49.7 Å². The van der Waals surface area contributed by atoms with Crippen molar-refractivity contribution in [2.45, 2.75) is 83.7 Å². The fourth-order valence-electron chi connectivity index (χ4n) is 2.86. The number of aliphatic hydroxyl groups excluding tert-OH is 1. The van der Waals surface area contributed by atoms with Crippen LogP contribution < -0.4 is 0 Å². The van der Waals surface area contributed by atoms with E-state index in [0.29, 0.717) is 24.8 Å². The number of benzene rings is 1. The largest absolute Gasteiger partial charge is 0.346 e. The molecule has 0 aliphatic carbocycles. The van der Waals surface area contributed by atoms with Crippen LogP contribution in [-0.4, -0.2) is 22.8 Å². The number of ether oxygens (including phenoxy) is 1. The molecule has 1 rings (SSSR count). The SMILES string of the molecule is CCCCCCCCCC(CCc1cc(F)cc(F)c1)OC(O)O. The van der Waals surface area contributed by atoms with Gasteiger partial charge in [0, 0.05) is 6.07 Å². The second-order valence-electron chi connectivity index (χ2n) is 6.31. The summed E-state index contributed by atoms with van der Waals surface area (Å²) in [7, 11) is 0. The first-order chi connectivity index (χ1) is 11.5. The summed E-state index contributed by atoms with van der Waals surface area (Å²) in [4.78, 5) is 0. The number of hydrogen-bond donors (Lipinski definition) is 2. The van der Waals surface area contributed by atoms with Crippen LogP contribution in [0.5, 0.6) is 0 Å². The summed E-state index contributed by atoms with van der Waals surface area (Å²) in [5, 5.41) is 18.0. The number of aliphatic hydroxyl groups is 2. The molecule has 0 radical (unpaired) electrons. The molecule has 2 N–H and O–H groups in total. The zero-order chi connectivity index (χ0) is 17.8. The third-order valence-electron chi connectivity index (χ3n) is 4.12. The van der Waals surface area contributed by atoms with Gasteiger partial charge in [0.15, 0.2) is 0 Å². The lowest BCUT2D eigenvalue weighted by Crippen LogP contribution is -2.22. The minimum atomic E-state index is -1.82. The van der Waals surface area contributed by atoms with E-state index in [-0.39, 0.29) is 6.10 Å². The molecule has 24 heavy (non-hydrogen) atoms. The van der Waals surface area contributed by atoms with Crippen LogP contribution in [0.2, 0.25) is 0 Å². The average Bonchev–Trinajstić information content (AvgIpc) is 2.50. The zero-order valence-corrected chi connectivity index (χ0v) is 14.5. The van der Waals surface area contributed by atoms with Crippen LogP contribution in [0, 0.1) is 11.6 Å². The van der Waals surface area contributed by atoms with Gasteiger partial charge in [0.2, 0.25) is 0 Å². The monoisotopic (exact) mass is 344 g/mol. The van der Waals surface area contributed by atoms with Gasteiger partial charge in [-0.3, -0.25) is 0 Å². The van der Waals surface area contributed by atoms with Crippen molar-refractivity contribution >= 4 is 0 Å². The maximum Gasteiger partial charge on any atom is 0.266 e. The van der Waals surface area contributed by atoms with Crippen molar-refractivity contribution in [1.82, 2.24) is 0 Å². The van der Waals surface area contributed by atoms with Crippen LogP contribution in [0.1, 0.15) is 70.3 Å². The summed E-state index contributed by atoms with van der Waals surface area (Å²) in [6.07, 6.45) is 9.50. The second-order valence-corrected chi connectivity index (χ2v) is 6.31. The van der Waals surface area contributed by atoms with Crippen LogP contribution in [0.15, 0.2) is 18.2 Å². The molecule has 0 aromatic heterocycles. The fraction of sp³-hybridized carbons (Fsp3) is 0.684. The van der Waals surface area contributed by atoms with Crippen molar-refractivity contribution < 1.29 is 23.7 Å². The van der Waals surface area contributed by atoms with E-state index >= 15 is 0 Å². The smallest absolute Gasteiger partial charge is 0.266 e. The van der Waals surface area contributed by atoms with E-state index in [2.05, 4.69) is 6.92 Å². The van der Waals surface area contributed by atoms with Gasteiger partial charge in [-0.15, -0.1) is 0 Å². The van der Waals surface area contributed by atoms with Gasteiger partial charge < -0.3 is 14.9 Å². The summed E-state index contributed by atoms with van der Waals surface area (Å²) in [6.45, 7) is 0.371. The molecule has 0 aliphatic heterocycles. The Balaban J connectivity index is 2.33. The summed E-state index contributed by atoms with van der Waals surface area (Å²) in [6, 6.07) is 3.43. The van der Waals surface area contributed by atoms with Gasteiger partial charge in [-0.1, -0.05) is 51.9 Å². The molecular formula is C19H30F2O3. The summed E-state index contributed by atoms with van der Waals surface area (Å²) < 4.78 is 31.5. The zero-order valence-electron chi connectivity index (χ0n) is 14.5. The number of unbranched alkanes of at least 4 members (excludes halogenated alkanes) is 6. The van der Waals surface area contributed by atoms with Crippen molar-refractivity contribution in [1.29, 1.82) is 0 Å². The molecule has 0 fully saturated rings. The maximum absolute atomic E-state index is 13.2. The van der Waals surface area contributed by atoms with Gasteiger partial charge >= 0.3 is 0 Å². The molecule has 1 atom stereocenters. The predicted molar refractivity (Wildman–Crippen MR) is 90.4 cm³/mol. The lowest BCUT2D eigenvalue weighted by molar-refractivity contribution is -0.257. The molecule has 0 aliphatic rings. The van der Waals surface area contributed by atoms with Crippen LogP contribution in [0.25, 0.3) is 0 Å². The standard InChI is InChI=1S/C19H30F2O3/c1-2-3-4-5-6-7-8-9-18(24-19(22)23)11-10-15-12-16(20)14-17(21)13-15/h12-14,18-19,22-23H,2-11H2,1H3. The van der Waals surface area contributed by atoms with E-state index in [4.69, 9.17) is 14.9 Å². The number of rotatable bonds is 13. The van der Waals surface area contributed by atoms with E-state index in [9.17, 15) is 8.78 Å². The Bertz CT molecular complexity index is 432. The molecule has 0 saturated heterocycles. The molecule has 5 heteroatoms. The van der Waals surface area contributed by atoms with Gasteiger partial charge in [0.25, 0.3) is 6.48 Å². The van der Waals surface area contributed by atoms with E-state index < -0.39 is 18.1 Å². The highest BCUT2D eigenvalue weighted by Crippen LogP contribution is 2.17. The van der Waals surface area contributed by atoms with Gasteiger partial charge in [-0.05, 0) is 37.0 Å². The molecule has 138 valence electrons. The summed E-state index contributed by atoms with van der Waals surface area (Å²) in [5.41, 5.74) is 0.549. The van der Waals surface area contributed by atoms with Gasteiger partial charge in [0.05, 0.1) is 6.10 Å². The van der Waals surface area contributed by atoms with E-state index in [0.717, 1.165) is 18.9 Å². The van der Waals surface area contributed by atoms with Gasteiger partial charge in [0.1, 0.15) is 11.6 Å². The Labute approximate surface area is 143 Å². The van der Waals surface area contributed by atoms with E-state index in [1.165, 1.54) is 44.2 Å². The molecular weight excluding hydrogens is 314 g/mol. The Hall–Kier alpha value is -1.04. The minimum Gasteiger partial charge on any atom is -0.346 e. The highest BCUT2D eigenvalue weighted by atomic mass is 19.1. The number of aryl methyl sites for hydroxylation is 1. The van der Waals surface area contributed by atoms with Crippen molar-refractivity contribution in [2.24, 2.45) is 0 Å². The number of hydrogen-bond acceptors (Lipinski definition) is 3. The third-order valence-corrected chi connectivity index (χ3v) is 4.12. The van der Waals surface area contributed by atoms with Crippen molar-refractivity contribution in [3.05, 3.63) is 35.4 Å². The Morgan fingerprint density at radius 2 is 1.46 bits per heavy atom. The normalized spacial score (nSPS) is 12.8. The first-order valence-corrected chi connectivity index (χ1v) is 8.97. The van der Waals surface area contributed by atoms with Gasteiger partial charge in [-0.2, -0.15) is 0 Å². The Morgan fingerprint density at radius 3 is 2.04 bits per heavy atom. The van der Waals surface area contributed by atoms with E-state index in [1.807, 2.05) is 0 Å². The molecule has 3 nitrogen and oxygen atoms in total. The molecule has 0 bridgehead atoms. The van der Waals surface area contributed by atoms with Crippen molar-refractivity contribution in [3.63, 3.8) is 0 Å². The maximum atomic E-state index is 13.2. The van der Waals surface area contributed by atoms with Crippen molar-refractivity contribution in [2.75, 3.05) is 0 Å². The second kappa shape index (κ2) is 12.3. The summed E-state index contributed by atoms with van der Waals surface area (Å²) in [5.74, 6) is -1.20. The first-order valence-electron chi connectivity index (χ1n) is 8.97.